The molecule has 3 aromatic carbocycles. The summed E-state index contributed by atoms with van der Waals surface area (Å²) in [6, 6.07) is 17.4. The first-order valence-corrected chi connectivity index (χ1v) is 12.8. The molecule has 0 bridgehead atoms. The van der Waals surface area contributed by atoms with Gasteiger partial charge in [-0.2, -0.15) is 0 Å². The third-order valence-corrected chi connectivity index (χ3v) is 7.57. The van der Waals surface area contributed by atoms with Gasteiger partial charge in [-0.05, 0) is 43.3 Å². The lowest BCUT2D eigenvalue weighted by molar-refractivity contribution is 0.0442. The number of aryl methyl sites for hydroxylation is 2. The second kappa shape index (κ2) is 10.5. The van der Waals surface area contributed by atoms with E-state index in [1.807, 2.05) is 68.4 Å². The topological polar surface area (TPSA) is 70.1 Å². The van der Waals surface area contributed by atoms with Crippen molar-refractivity contribution >= 4 is 22.3 Å². The first-order valence-electron chi connectivity index (χ1n) is 12.8. The minimum absolute atomic E-state index is 0.0463. The van der Waals surface area contributed by atoms with Crippen LogP contribution in [0.3, 0.4) is 0 Å². The molecular weight excluding hydrogens is 452 g/mol. The number of nitrogens with zero attached hydrogens (tertiary/aromatic N) is 2. The molecule has 3 aromatic rings. The lowest BCUT2D eigenvalue weighted by Gasteiger charge is -2.36. The Bertz CT molecular complexity index is 1210. The number of hydrogen-bond acceptors (Lipinski definition) is 6. The number of para-hydroxylation sites is 1. The van der Waals surface area contributed by atoms with Gasteiger partial charge < -0.3 is 14.7 Å². The quantitative estimate of drug-likeness (QED) is 0.487. The van der Waals surface area contributed by atoms with E-state index in [0.717, 1.165) is 53.8 Å². The van der Waals surface area contributed by atoms with Gasteiger partial charge in [-0.3, -0.25) is 14.5 Å². The van der Waals surface area contributed by atoms with Crippen LogP contribution in [0.5, 0.6) is 5.75 Å². The Hall–Kier alpha value is -3.06. The van der Waals surface area contributed by atoms with Crippen molar-refractivity contribution in [1.82, 2.24) is 9.80 Å². The summed E-state index contributed by atoms with van der Waals surface area (Å²) in [4.78, 5) is 30.9. The van der Waals surface area contributed by atoms with Crippen LogP contribution in [0.15, 0.2) is 54.6 Å². The highest BCUT2D eigenvalue weighted by atomic mass is 16.5. The van der Waals surface area contributed by atoms with Crippen LogP contribution in [0.1, 0.15) is 38.3 Å². The molecule has 0 amide bonds. The summed E-state index contributed by atoms with van der Waals surface area (Å²) in [5.74, 6) is 0.157. The van der Waals surface area contributed by atoms with Crippen LogP contribution >= 0.6 is 0 Å². The molecule has 1 unspecified atom stereocenters. The lowest BCUT2D eigenvalue weighted by Crippen LogP contribution is -2.49. The molecule has 1 aliphatic heterocycles. The highest BCUT2D eigenvalue weighted by molar-refractivity contribution is 6.29. The number of piperazine rings is 1. The maximum absolute atomic E-state index is 13.2. The summed E-state index contributed by atoms with van der Waals surface area (Å²) in [6.07, 6.45) is -0.0231. The molecule has 1 fully saturated rings. The molecule has 36 heavy (non-hydrogen) atoms. The van der Waals surface area contributed by atoms with E-state index in [0.29, 0.717) is 30.6 Å². The van der Waals surface area contributed by atoms with Crippen molar-refractivity contribution < 1.29 is 19.4 Å². The van der Waals surface area contributed by atoms with Crippen LogP contribution in [0.25, 0.3) is 10.8 Å². The van der Waals surface area contributed by atoms with Crippen LogP contribution in [0, 0.1) is 19.8 Å². The number of Topliss-reactive ketones (excluding diaryl/α,β-unsaturated/α-hetero) is 2. The third kappa shape index (κ3) is 4.94. The zero-order valence-corrected chi connectivity index (χ0v) is 21.1. The van der Waals surface area contributed by atoms with E-state index in [4.69, 9.17) is 4.74 Å². The van der Waals surface area contributed by atoms with E-state index in [1.54, 1.807) is 0 Å². The Morgan fingerprint density at radius 2 is 1.42 bits per heavy atom. The van der Waals surface area contributed by atoms with Gasteiger partial charge in [0.2, 0.25) is 0 Å². The van der Waals surface area contributed by atoms with E-state index in [1.165, 1.54) is 0 Å². The Labute approximate surface area is 212 Å². The fraction of sp³-hybridized carbons (Fsp3) is 0.400. The van der Waals surface area contributed by atoms with Crippen molar-refractivity contribution in [3.63, 3.8) is 0 Å². The van der Waals surface area contributed by atoms with E-state index in [2.05, 4.69) is 9.80 Å². The zero-order valence-electron chi connectivity index (χ0n) is 21.1. The van der Waals surface area contributed by atoms with Gasteiger partial charge in [0.05, 0.1) is 5.92 Å². The van der Waals surface area contributed by atoms with Crippen molar-refractivity contribution in [2.24, 2.45) is 5.92 Å². The number of carbonyl (C=O) groups excluding carboxylic acids is 2. The SMILES string of the molecule is Cc1cccc(C)c1OCC(O)CN1CCN(CCC2C(=O)c3cccc4cccc(c34)C2=O)CC1. The van der Waals surface area contributed by atoms with E-state index in [-0.39, 0.29) is 18.2 Å². The maximum atomic E-state index is 13.2. The van der Waals surface area contributed by atoms with Crippen molar-refractivity contribution in [1.29, 1.82) is 0 Å². The van der Waals surface area contributed by atoms with Crippen LogP contribution in [0.4, 0.5) is 0 Å². The van der Waals surface area contributed by atoms with Crippen molar-refractivity contribution in [3.8, 4) is 5.75 Å². The molecule has 1 saturated heterocycles. The molecule has 6 nitrogen and oxygen atoms in total. The monoisotopic (exact) mass is 486 g/mol. The minimum Gasteiger partial charge on any atom is -0.490 e. The first-order chi connectivity index (χ1) is 17.4. The second-order valence-corrected chi connectivity index (χ2v) is 10.1. The van der Waals surface area contributed by atoms with Gasteiger partial charge in [0, 0.05) is 49.2 Å². The number of ketones is 2. The fourth-order valence-electron chi connectivity index (χ4n) is 5.57. The molecule has 1 heterocycles. The number of β-amino-alcohol motifs (C(OH)–C–C–N with tert-alkyl or cyclic N) is 1. The Kier molecular flexibility index (Phi) is 7.19. The Balaban J connectivity index is 1.10. The highest BCUT2D eigenvalue weighted by Gasteiger charge is 2.35. The number of benzene rings is 3. The molecule has 1 N–H and O–H groups in total. The smallest absolute Gasteiger partial charge is 0.174 e. The molecule has 0 saturated carbocycles. The molecule has 0 spiro atoms. The van der Waals surface area contributed by atoms with E-state index in [9.17, 15) is 14.7 Å². The molecule has 2 aliphatic rings. The summed E-state index contributed by atoms with van der Waals surface area (Å²) < 4.78 is 5.91. The van der Waals surface area contributed by atoms with Gasteiger partial charge in [-0.1, -0.05) is 54.6 Å². The Morgan fingerprint density at radius 3 is 2.03 bits per heavy atom. The summed E-state index contributed by atoms with van der Waals surface area (Å²) in [7, 11) is 0. The molecule has 0 aromatic heterocycles. The molecule has 5 rings (SSSR count). The van der Waals surface area contributed by atoms with Gasteiger partial charge in [0.1, 0.15) is 18.5 Å². The average Bonchev–Trinajstić information content (AvgIpc) is 2.88. The van der Waals surface area contributed by atoms with E-state index < -0.39 is 12.0 Å². The van der Waals surface area contributed by atoms with Crippen LogP contribution in [-0.2, 0) is 0 Å². The number of aliphatic hydroxyl groups excluding tert-OH is 1. The van der Waals surface area contributed by atoms with Crippen molar-refractivity contribution in [2.45, 2.75) is 26.4 Å². The predicted molar refractivity (Wildman–Crippen MR) is 141 cm³/mol. The van der Waals surface area contributed by atoms with Crippen molar-refractivity contribution in [3.05, 3.63) is 76.9 Å². The van der Waals surface area contributed by atoms with Gasteiger partial charge in [0.25, 0.3) is 0 Å². The zero-order chi connectivity index (χ0) is 25.2. The number of carbonyl (C=O) groups is 2. The summed E-state index contributed by atoms with van der Waals surface area (Å²) in [6.45, 7) is 8.97. The highest BCUT2D eigenvalue weighted by Crippen LogP contribution is 2.33. The standard InChI is InChI=1S/C30H34N2O4/c1-20-6-3-7-21(2)30(20)36-19-23(33)18-32-16-14-31(15-17-32)13-12-26-28(34)24-10-4-8-22-9-5-11-25(27(22)24)29(26)35/h3-11,23,26,33H,12-19H2,1-2H3. The molecule has 1 atom stereocenters. The molecule has 1 aliphatic carbocycles. The van der Waals surface area contributed by atoms with Crippen molar-refractivity contribution in [2.75, 3.05) is 45.9 Å². The summed E-state index contributed by atoms with van der Waals surface area (Å²) in [5, 5.41) is 12.3. The summed E-state index contributed by atoms with van der Waals surface area (Å²) >= 11 is 0. The number of rotatable bonds is 8. The number of hydrogen-bond donors (Lipinski definition) is 1. The lowest BCUT2D eigenvalue weighted by atomic mass is 9.78. The average molecular weight is 487 g/mol. The molecular formula is C30H34N2O4. The Morgan fingerprint density at radius 1 is 0.861 bits per heavy atom. The first kappa shape index (κ1) is 24.6. The molecule has 0 radical (unpaired) electrons. The van der Waals surface area contributed by atoms with Crippen LogP contribution < -0.4 is 4.74 Å². The van der Waals surface area contributed by atoms with Gasteiger partial charge in [-0.25, -0.2) is 0 Å². The third-order valence-electron chi connectivity index (χ3n) is 7.57. The minimum atomic E-state index is -0.604. The van der Waals surface area contributed by atoms with Gasteiger partial charge in [0.15, 0.2) is 11.6 Å². The normalized spacial score (nSPS) is 18.1. The second-order valence-electron chi connectivity index (χ2n) is 10.1. The van der Waals surface area contributed by atoms with Gasteiger partial charge in [-0.15, -0.1) is 0 Å². The summed E-state index contributed by atoms with van der Waals surface area (Å²) in [5.41, 5.74) is 3.50. The van der Waals surface area contributed by atoms with Crippen LogP contribution in [-0.4, -0.2) is 78.5 Å². The molecule has 188 valence electrons. The largest absolute Gasteiger partial charge is 0.490 e. The molecule has 6 heteroatoms. The predicted octanol–water partition coefficient (Wildman–Crippen LogP) is 3.90. The fourth-order valence-corrected chi connectivity index (χ4v) is 5.57. The van der Waals surface area contributed by atoms with E-state index >= 15 is 0 Å². The van der Waals surface area contributed by atoms with Crippen LogP contribution in [0.2, 0.25) is 0 Å². The number of ether oxygens (including phenoxy) is 1. The number of aliphatic hydroxyl groups is 1. The van der Waals surface area contributed by atoms with Gasteiger partial charge >= 0.3 is 0 Å². The maximum Gasteiger partial charge on any atom is 0.174 e.